The second-order valence-electron chi connectivity index (χ2n) is 9.68. The van der Waals surface area contributed by atoms with Crippen LogP contribution in [0.15, 0.2) is 71.4 Å². The molecule has 6 nitrogen and oxygen atoms in total. The van der Waals surface area contributed by atoms with Crippen molar-refractivity contribution in [2.24, 2.45) is 0 Å². The third-order valence-electron chi connectivity index (χ3n) is 5.77. The van der Waals surface area contributed by atoms with Crippen LogP contribution in [0.2, 0.25) is 0 Å². The van der Waals surface area contributed by atoms with E-state index in [1.165, 1.54) is 5.56 Å². The fourth-order valence-corrected chi connectivity index (χ4v) is 3.75. The molecule has 0 saturated carbocycles. The number of nitrogens with zero attached hydrogens (tertiary/aromatic N) is 4. The lowest BCUT2D eigenvalue weighted by Gasteiger charge is -2.25. The zero-order valence-electron chi connectivity index (χ0n) is 19.6. The van der Waals surface area contributed by atoms with Crippen molar-refractivity contribution >= 4 is 5.82 Å². The molecule has 0 saturated heterocycles. The first-order valence-corrected chi connectivity index (χ1v) is 11.0. The fourth-order valence-electron chi connectivity index (χ4n) is 3.75. The SMILES string of the molecule is CC(Nc1c(-c2nc(C(C)(C)c3ccccc3)no2)cnn1C(C)(C)C)c1ccccc1. The lowest BCUT2D eigenvalue weighted by Crippen LogP contribution is -2.26. The van der Waals surface area contributed by atoms with Crippen LogP contribution in [0, 0.1) is 0 Å². The van der Waals surface area contributed by atoms with E-state index < -0.39 is 0 Å². The second kappa shape index (κ2) is 8.26. The molecule has 0 aliphatic carbocycles. The summed E-state index contributed by atoms with van der Waals surface area (Å²) < 4.78 is 7.74. The second-order valence-corrected chi connectivity index (χ2v) is 9.68. The van der Waals surface area contributed by atoms with E-state index in [-0.39, 0.29) is 17.0 Å². The Morgan fingerprint density at radius 2 is 1.53 bits per heavy atom. The minimum absolute atomic E-state index is 0.0795. The van der Waals surface area contributed by atoms with Gasteiger partial charge in [0.2, 0.25) is 0 Å². The summed E-state index contributed by atoms with van der Waals surface area (Å²) in [6.07, 6.45) is 1.80. The minimum Gasteiger partial charge on any atom is -0.363 e. The molecule has 1 atom stereocenters. The van der Waals surface area contributed by atoms with Gasteiger partial charge in [-0.15, -0.1) is 0 Å². The third kappa shape index (κ3) is 4.17. The van der Waals surface area contributed by atoms with Gasteiger partial charge in [-0.2, -0.15) is 10.1 Å². The molecule has 0 aliphatic heterocycles. The molecule has 4 aromatic rings. The average molecular weight is 430 g/mol. The Bertz CT molecular complexity index is 1170. The molecule has 0 radical (unpaired) electrons. The normalized spacial score (nSPS) is 13.2. The molecule has 0 amide bonds. The van der Waals surface area contributed by atoms with E-state index in [0.717, 1.165) is 16.9 Å². The van der Waals surface area contributed by atoms with Crippen LogP contribution in [0.1, 0.15) is 64.5 Å². The van der Waals surface area contributed by atoms with Crippen molar-refractivity contribution in [3.8, 4) is 11.5 Å². The quantitative estimate of drug-likeness (QED) is 0.396. The maximum Gasteiger partial charge on any atom is 0.263 e. The van der Waals surface area contributed by atoms with Crippen LogP contribution >= 0.6 is 0 Å². The smallest absolute Gasteiger partial charge is 0.263 e. The predicted molar refractivity (Wildman–Crippen MR) is 128 cm³/mol. The Balaban J connectivity index is 1.73. The Labute approximate surface area is 189 Å². The number of hydrogen-bond donors (Lipinski definition) is 1. The van der Waals surface area contributed by atoms with Crippen molar-refractivity contribution in [3.63, 3.8) is 0 Å². The Morgan fingerprint density at radius 3 is 2.16 bits per heavy atom. The van der Waals surface area contributed by atoms with Gasteiger partial charge in [-0.1, -0.05) is 65.8 Å². The first kappa shape index (κ1) is 21.8. The third-order valence-corrected chi connectivity index (χ3v) is 5.77. The van der Waals surface area contributed by atoms with Crippen LogP contribution in [0.5, 0.6) is 0 Å². The molecule has 2 aromatic heterocycles. The van der Waals surface area contributed by atoms with E-state index in [0.29, 0.717) is 11.7 Å². The van der Waals surface area contributed by atoms with Gasteiger partial charge in [0.05, 0.1) is 17.2 Å². The fraction of sp³-hybridized carbons (Fsp3) is 0.346. The van der Waals surface area contributed by atoms with Gasteiger partial charge in [-0.25, -0.2) is 4.68 Å². The van der Waals surface area contributed by atoms with E-state index >= 15 is 0 Å². The standard InChI is InChI=1S/C26H31N5O/c1-18(19-13-9-7-10-14-19)28-22-21(17-27-31(22)25(2,3)4)23-29-24(30-32-23)26(5,6)20-15-11-8-12-16-20/h7-18,28H,1-6H3. The van der Waals surface area contributed by atoms with Crippen LogP contribution < -0.4 is 5.32 Å². The van der Waals surface area contributed by atoms with Crippen LogP contribution in [0.4, 0.5) is 5.82 Å². The molecule has 32 heavy (non-hydrogen) atoms. The number of rotatable bonds is 6. The summed E-state index contributed by atoms with van der Waals surface area (Å²) in [4.78, 5) is 4.79. The van der Waals surface area contributed by atoms with Crippen LogP contribution in [-0.4, -0.2) is 19.9 Å². The highest BCUT2D eigenvalue weighted by Gasteiger charge is 2.31. The van der Waals surface area contributed by atoms with Crippen molar-refractivity contribution in [1.29, 1.82) is 0 Å². The molecule has 0 aliphatic rings. The van der Waals surface area contributed by atoms with Crippen molar-refractivity contribution in [2.75, 3.05) is 5.32 Å². The van der Waals surface area contributed by atoms with Crippen LogP contribution in [0.3, 0.4) is 0 Å². The molecular weight excluding hydrogens is 398 g/mol. The molecule has 0 fully saturated rings. The van der Waals surface area contributed by atoms with Gasteiger partial charge < -0.3 is 9.84 Å². The highest BCUT2D eigenvalue weighted by Crippen LogP contribution is 2.35. The highest BCUT2D eigenvalue weighted by molar-refractivity contribution is 5.69. The number of nitrogens with one attached hydrogen (secondary N) is 1. The molecule has 1 N–H and O–H groups in total. The van der Waals surface area contributed by atoms with Gasteiger partial charge in [0.15, 0.2) is 5.82 Å². The Morgan fingerprint density at radius 1 is 0.906 bits per heavy atom. The van der Waals surface area contributed by atoms with Crippen molar-refractivity contribution in [1.82, 2.24) is 19.9 Å². The highest BCUT2D eigenvalue weighted by atomic mass is 16.5. The molecule has 6 heteroatoms. The number of aromatic nitrogens is 4. The Hall–Kier alpha value is -3.41. The number of anilines is 1. The van der Waals surface area contributed by atoms with E-state index in [9.17, 15) is 0 Å². The van der Waals surface area contributed by atoms with Gasteiger partial charge in [0.1, 0.15) is 11.4 Å². The molecule has 4 rings (SSSR count). The zero-order valence-corrected chi connectivity index (χ0v) is 19.6. The first-order valence-electron chi connectivity index (χ1n) is 11.0. The van der Waals surface area contributed by atoms with Gasteiger partial charge in [-0.3, -0.25) is 0 Å². The maximum atomic E-state index is 5.76. The van der Waals surface area contributed by atoms with Crippen LogP contribution in [0.25, 0.3) is 11.5 Å². The lowest BCUT2D eigenvalue weighted by molar-refractivity contribution is 0.359. The van der Waals surface area contributed by atoms with E-state index in [2.05, 4.69) is 81.4 Å². The molecule has 1 unspecified atom stereocenters. The van der Waals surface area contributed by atoms with E-state index in [4.69, 9.17) is 9.51 Å². The molecule has 0 spiro atoms. The Kier molecular flexibility index (Phi) is 5.63. The zero-order chi connectivity index (χ0) is 22.9. The van der Waals surface area contributed by atoms with E-state index in [1.54, 1.807) is 6.20 Å². The molecule has 2 heterocycles. The van der Waals surface area contributed by atoms with Gasteiger partial charge in [0, 0.05) is 6.04 Å². The summed E-state index contributed by atoms with van der Waals surface area (Å²) in [6, 6.07) is 20.7. The predicted octanol–water partition coefficient (Wildman–Crippen LogP) is 6.19. The van der Waals surface area contributed by atoms with Crippen LogP contribution in [-0.2, 0) is 11.0 Å². The number of hydrogen-bond acceptors (Lipinski definition) is 5. The summed E-state index contributed by atoms with van der Waals surface area (Å²) in [6.45, 7) is 12.7. The summed E-state index contributed by atoms with van der Waals surface area (Å²) in [5, 5.41) is 12.6. The average Bonchev–Trinajstić information content (AvgIpc) is 3.42. The summed E-state index contributed by atoms with van der Waals surface area (Å²) in [5.41, 5.74) is 2.52. The maximum absolute atomic E-state index is 5.76. The summed E-state index contributed by atoms with van der Waals surface area (Å²) >= 11 is 0. The van der Waals surface area contributed by atoms with Gasteiger partial charge in [0.25, 0.3) is 5.89 Å². The number of benzene rings is 2. The van der Waals surface area contributed by atoms with Crippen molar-refractivity contribution in [2.45, 2.75) is 58.5 Å². The largest absolute Gasteiger partial charge is 0.363 e. The van der Waals surface area contributed by atoms with Gasteiger partial charge in [-0.05, 0) is 52.7 Å². The van der Waals surface area contributed by atoms with Crippen molar-refractivity contribution < 1.29 is 4.52 Å². The topological polar surface area (TPSA) is 68.8 Å². The monoisotopic (exact) mass is 429 g/mol. The van der Waals surface area contributed by atoms with Gasteiger partial charge >= 0.3 is 0 Å². The first-order chi connectivity index (χ1) is 15.2. The molecular formula is C26H31N5O. The molecule has 2 aromatic carbocycles. The van der Waals surface area contributed by atoms with E-state index in [1.807, 2.05) is 41.1 Å². The molecule has 166 valence electrons. The summed E-state index contributed by atoms with van der Waals surface area (Å²) in [7, 11) is 0. The summed E-state index contributed by atoms with van der Waals surface area (Å²) in [5.74, 6) is 1.97. The minimum atomic E-state index is -0.381. The lowest BCUT2D eigenvalue weighted by atomic mass is 9.84. The molecule has 0 bridgehead atoms. The van der Waals surface area contributed by atoms with Crippen molar-refractivity contribution in [3.05, 3.63) is 83.8 Å².